The molecule has 0 aromatic carbocycles. The Labute approximate surface area is 70.4 Å². The molecule has 2 aliphatic rings. The molecule has 0 N–H and O–H groups in total. The van der Waals surface area contributed by atoms with Crippen molar-refractivity contribution in [3.63, 3.8) is 0 Å². The summed E-state index contributed by atoms with van der Waals surface area (Å²) in [6.07, 6.45) is 10.8. The first-order valence-corrected chi connectivity index (χ1v) is 5.34. The molecule has 64 valence electrons. The molecule has 0 amide bonds. The molecule has 0 aliphatic heterocycles. The van der Waals surface area contributed by atoms with Gasteiger partial charge in [0, 0.05) is 0 Å². The van der Waals surface area contributed by atoms with Crippen molar-refractivity contribution in [3.05, 3.63) is 0 Å². The SMILES string of the molecule is CC1CC(CCCC2CC2)C1. The van der Waals surface area contributed by atoms with E-state index in [0.717, 1.165) is 17.8 Å². The van der Waals surface area contributed by atoms with Gasteiger partial charge in [-0.1, -0.05) is 39.0 Å². The van der Waals surface area contributed by atoms with Crippen molar-refractivity contribution in [2.75, 3.05) is 0 Å². The van der Waals surface area contributed by atoms with Gasteiger partial charge in [-0.3, -0.25) is 0 Å². The summed E-state index contributed by atoms with van der Waals surface area (Å²) < 4.78 is 0. The van der Waals surface area contributed by atoms with E-state index in [1.54, 1.807) is 25.7 Å². The highest BCUT2D eigenvalue weighted by atomic mass is 14.3. The van der Waals surface area contributed by atoms with Gasteiger partial charge in [0.2, 0.25) is 0 Å². The molecule has 2 aliphatic carbocycles. The summed E-state index contributed by atoms with van der Waals surface area (Å²) in [4.78, 5) is 0. The Hall–Kier alpha value is 0. The second kappa shape index (κ2) is 3.16. The molecule has 11 heavy (non-hydrogen) atoms. The quantitative estimate of drug-likeness (QED) is 0.577. The van der Waals surface area contributed by atoms with Crippen LogP contribution in [0.2, 0.25) is 0 Å². The third-order valence-electron chi connectivity index (χ3n) is 3.39. The van der Waals surface area contributed by atoms with Crippen LogP contribution in [0.1, 0.15) is 51.9 Å². The van der Waals surface area contributed by atoms with E-state index >= 15 is 0 Å². The monoisotopic (exact) mass is 152 g/mol. The first kappa shape index (κ1) is 7.64. The number of hydrogen-bond donors (Lipinski definition) is 0. The molecule has 0 heterocycles. The maximum Gasteiger partial charge on any atom is -0.0409 e. The van der Waals surface area contributed by atoms with Crippen molar-refractivity contribution < 1.29 is 0 Å². The molecule has 2 saturated carbocycles. The van der Waals surface area contributed by atoms with Crippen molar-refractivity contribution in [2.45, 2.75) is 51.9 Å². The Kier molecular flexibility index (Phi) is 2.20. The van der Waals surface area contributed by atoms with Crippen molar-refractivity contribution in [1.82, 2.24) is 0 Å². The topological polar surface area (TPSA) is 0 Å². The van der Waals surface area contributed by atoms with Gasteiger partial charge < -0.3 is 0 Å². The first-order chi connectivity index (χ1) is 5.34. The van der Waals surface area contributed by atoms with Gasteiger partial charge in [0.1, 0.15) is 0 Å². The average Bonchev–Trinajstić information content (AvgIpc) is 2.67. The van der Waals surface area contributed by atoms with Crippen LogP contribution in [-0.4, -0.2) is 0 Å². The lowest BCUT2D eigenvalue weighted by molar-refractivity contribution is 0.194. The van der Waals surface area contributed by atoms with Crippen molar-refractivity contribution in [1.29, 1.82) is 0 Å². The van der Waals surface area contributed by atoms with E-state index in [2.05, 4.69) is 6.92 Å². The van der Waals surface area contributed by atoms with E-state index in [0.29, 0.717) is 0 Å². The fourth-order valence-electron chi connectivity index (χ4n) is 2.41. The largest absolute Gasteiger partial charge is 0.0625 e. The summed E-state index contributed by atoms with van der Waals surface area (Å²) in [5.41, 5.74) is 0. The Morgan fingerprint density at radius 1 is 1.00 bits per heavy atom. The highest BCUT2D eigenvalue weighted by Crippen LogP contribution is 2.39. The van der Waals surface area contributed by atoms with Crippen LogP contribution < -0.4 is 0 Å². The molecule has 0 radical (unpaired) electrons. The zero-order chi connectivity index (χ0) is 7.68. The summed E-state index contributed by atoms with van der Waals surface area (Å²) in [6.45, 7) is 2.39. The molecule has 0 heteroatoms. The fourth-order valence-corrected chi connectivity index (χ4v) is 2.41. The minimum Gasteiger partial charge on any atom is -0.0625 e. The summed E-state index contributed by atoms with van der Waals surface area (Å²) in [5.74, 6) is 3.34. The van der Waals surface area contributed by atoms with E-state index in [9.17, 15) is 0 Å². The van der Waals surface area contributed by atoms with Crippen LogP contribution in [0.3, 0.4) is 0 Å². The molecule has 0 spiro atoms. The molecule has 0 nitrogen and oxygen atoms in total. The zero-order valence-electron chi connectivity index (χ0n) is 7.68. The standard InChI is InChI=1S/C11H20/c1-9-7-11(8-9)4-2-3-10-5-6-10/h9-11H,2-8H2,1H3. The Balaban J connectivity index is 1.47. The third kappa shape index (κ3) is 2.21. The normalized spacial score (nSPS) is 36.8. The third-order valence-corrected chi connectivity index (χ3v) is 3.39. The van der Waals surface area contributed by atoms with Crippen LogP contribution in [0.15, 0.2) is 0 Å². The maximum absolute atomic E-state index is 2.39. The molecule has 2 rings (SSSR count). The number of rotatable bonds is 4. The smallest absolute Gasteiger partial charge is 0.0409 e. The molecular weight excluding hydrogens is 132 g/mol. The van der Waals surface area contributed by atoms with Crippen LogP contribution in [0.25, 0.3) is 0 Å². The van der Waals surface area contributed by atoms with Crippen LogP contribution in [0.4, 0.5) is 0 Å². The second-order valence-corrected chi connectivity index (χ2v) is 4.82. The summed E-state index contributed by atoms with van der Waals surface area (Å²) in [7, 11) is 0. The Morgan fingerprint density at radius 3 is 2.18 bits per heavy atom. The van der Waals surface area contributed by atoms with Gasteiger partial charge in [0.25, 0.3) is 0 Å². The van der Waals surface area contributed by atoms with Gasteiger partial charge in [-0.15, -0.1) is 0 Å². The van der Waals surface area contributed by atoms with Crippen LogP contribution >= 0.6 is 0 Å². The molecule has 0 saturated heterocycles. The molecule has 2 fully saturated rings. The lowest BCUT2D eigenvalue weighted by Crippen LogP contribution is -2.20. The van der Waals surface area contributed by atoms with E-state index in [4.69, 9.17) is 0 Å². The first-order valence-electron chi connectivity index (χ1n) is 5.34. The Bertz CT molecular complexity index is 118. The molecule has 0 aromatic heterocycles. The highest BCUT2D eigenvalue weighted by molar-refractivity contribution is 4.78. The minimum atomic E-state index is 1.06. The van der Waals surface area contributed by atoms with E-state index < -0.39 is 0 Å². The molecule has 0 atom stereocenters. The van der Waals surface area contributed by atoms with Crippen LogP contribution in [-0.2, 0) is 0 Å². The summed E-state index contributed by atoms with van der Waals surface area (Å²) >= 11 is 0. The van der Waals surface area contributed by atoms with Gasteiger partial charge in [-0.25, -0.2) is 0 Å². The lowest BCUT2D eigenvalue weighted by atomic mass is 9.74. The van der Waals surface area contributed by atoms with Crippen LogP contribution in [0, 0.1) is 17.8 Å². The van der Waals surface area contributed by atoms with Crippen molar-refractivity contribution in [3.8, 4) is 0 Å². The average molecular weight is 152 g/mol. The minimum absolute atomic E-state index is 1.06. The van der Waals surface area contributed by atoms with Gasteiger partial charge in [0.05, 0.1) is 0 Å². The lowest BCUT2D eigenvalue weighted by Gasteiger charge is -2.32. The van der Waals surface area contributed by atoms with Gasteiger partial charge in [0.15, 0.2) is 0 Å². The predicted octanol–water partition coefficient (Wildman–Crippen LogP) is 3.61. The van der Waals surface area contributed by atoms with E-state index in [1.165, 1.54) is 19.3 Å². The molecule has 0 bridgehead atoms. The molecule has 0 unspecified atom stereocenters. The number of hydrogen-bond acceptors (Lipinski definition) is 0. The van der Waals surface area contributed by atoms with Crippen LogP contribution in [0.5, 0.6) is 0 Å². The van der Waals surface area contributed by atoms with Crippen molar-refractivity contribution in [2.24, 2.45) is 17.8 Å². The van der Waals surface area contributed by atoms with Gasteiger partial charge >= 0.3 is 0 Å². The van der Waals surface area contributed by atoms with E-state index in [1.807, 2.05) is 0 Å². The molecule has 0 aromatic rings. The maximum atomic E-state index is 2.39. The Morgan fingerprint density at radius 2 is 1.64 bits per heavy atom. The summed E-state index contributed by atoms with van der Waals surface area (Å²) in [5, 5.41) is 0. The van der Waals surface area contributed by atoms with Gasteiger partial charge in [-0.2, -0.15) is 0 Å². The van der Waals surface area contributed by atoms with Crippen molar-refractivity contribution >= 4 is 0 Å². The summed E-state index contributed by atoms with van der Waals surface area (Å²) in [6, 6.07) is 0. The predicted molar refractivity (Wildman–Crippen MR) is 48.5 cm³/mol. The zero-order valence-corrected chi connectivity index (χ0v) is 7.68. The van der Waals surface area contributed by atoms with Gasteiger partial charge in [-0.05, 0) is 30.6 Å². The fraction of sp³-hybridized carbons (Fsp3) is 1.00. The van der Waals surface area contributed by atoms with E-state index in [-0.39, 0.29) is 0 Å². The molecular formula is C11H20. The second-order valence-electron chi connectivity index (χ2n) is 4.82. The highest BCUT2D eigenvalue weighted by Gasteiger charge is 2.26.